The molecule has 47 nitrogen and oxygen atoms in total. The lowest BCUT2D eigenvalue weighted by atomic mass is 9.86. The molecule has 0 aromatic heterocycles. The van der Waals surface area contributed by atoms with E-state index in [-0.39, 0.29) is 115 Å². The average molecular weight is 2170 g/mol. The van der Waals surface area contributed by atoms with Gasteiger partial charge in [-0.2, -0.15) is 35.4 Å². The number of rotatable bonds is 76. The molecule has 0 atom stereocenters. The third kappa shape index (κ3) is 145. The van der Waals surface area contributed by atoms with E-state index in [0.29, 0.717) is 120 Å². The van der Waals surface area contributed by atoms with Gasteiger partial charge in [0.05, 0.1) is 249 Å². The Morgan fingerprint density at radius 1 is 0.286 bits per heavy atom. The van der Waals surface area contributed by atoms with Crippen LogP contribution in [0.4, 0.5) is 0 Å². The smallest absolute Gasteiger partial charge is 0.397 e. The molecule has 0 aromatic carbocycles. The number of carbonyl (C=O) groups is 4. The summed E-state index contributed by atoms with van der Waals surface area (Å²) >= 11 is 0. The number of aliphatic hydroxyl groups excluding tert-OH is 7. The Bertz CT molecular complexity index is 3680. The molecule has 0 heterocycles. The second-order valence-electron chi connectivity index (χ2n) is 38.8. The lowest BCUT2D eigenvalue weighted by Gasteiger charge is -2.29. The van der Waals surface area contributed by atoms with Gasteiger partial charge in [-0.05, 0) is 64.2 Å². The van der Waals surface area contributed by atoms with Crippen molar-refractivity contribution in [2.45, 2.75) is 233 Å². The Balaban J connectivity index is -0.000000169. The highest BCUT2D eigenvalue weighted by atomic mass is 32.3. The summed E-state index contributed by atoms with van der Waals surface area (Å²) < 4.78 is 187. The molecule has 0 aliphatic carbocycles. The molecule has 0 fully saturated rings. The van der Waals surface area contributed by atoms with Crippen LogP contribution < -0.4 is 26.2 Å². The van der Waals surface area contributed by atoms with Crippen LogP contribution in [-0.2, 0) is 104 Å². The van der Waals surface area contributed by atoms with E-state index in [4.69, 9.17) is 69.9 Å². The zero-order valence-electron chi connectivity index (χ0n) is 88.8. The fraction of sp³-hybridized carbons (Fsp3) is 0.954. The predicted octanol–water partition coefficient (Wildman–Crippen LogP) is -1.46. The third-order valence-corrected chi connectivity index (χ3v) is 24.7. The largest absolute Gasteiger partial charge is 0.748 e. The van der Waals surface area contributed by atoms with Gasteiger partial charge in [0, 0.05) is 66.6 Å². The number of carboxylic acid groups (broad SMARTS) is 4. The van der Waals surface area contributed by atoms with Crippen LogP contribution in [0.1, 0.15) is 233 Å². The number of aliphatic hydroxyl groups is 7. The average Bonchev–Trinajstić information content (AvgIpc) is 0.884. The molecule has 0 amide bonds. The van der Waals surface area contributed by atoms with Crippen LogP contribution in [0.15, 0.2) is 0 Å². The fourth-order valence-electron chi connectivity index (χ4n) is 11.7. The molecule has 0 aliphatic rings. The van der Waals surface area contributed by atoms with Crippen molar-refractivity contribution >= 4 is 84.9 Å². The van der Waals surface area contributed by atoms with Gasteiger partial charge in [-0.3, -0.25) is 9.11 Å². The van der Waals surface area contributed by atoms with E-state index in [2.05, 4.69) is 31.9 Å². The van der Waals surface area contributed by atoms with Gasteiger partial charge in [0.25, 0.3) is 10.1 Å². The maximum atomic E-state index is 10.5. The van der Waals surface area contributed by atoms with Crippen LogP contribution in [-0.4, -0.2) is 480 Å². The minimum atomic E-state index is -4.27. The molecule has 0 saturated heterocycles. The van der Waals surface area contributed by atoms with Gasteiger partial charge >= 0.3 is 10.4 Å². The van der Waals surface area contributed by atoms with Crippen LogP contribution in [0.3, 0.4) is 0 Å². The number of quaternary nitrogens is 8. The number of carboxylic acids is 4. The summed E-state index contributed by atoms with van der Waals surface area (Å²) in [6.45, 7) is 15.6. The highest BCUT2D eigenvalue weighted by Gasteiger charge is 2.29. The first-order valence-corrected chi connectivity index (χ1v) is 57.5. The molecule has 0 spiro atoms. The van der Waals surface area contributed by atoms with Crippen molar-refractivity contribution in [1.29, 1.82) is 0 Å². The van der Waals surface area contributed by atoms with E-state index in [9.17, 15) is 108 Å². The molecule has 0 radical (unpaired) electrons. The normalized spacial score (nSPS) is 12.4. The predicted molar refractivity (Wildman–Crippen MR) is 523 cm³/mol. The number of hydroxylamine groups is 12. The van der Waals surface area contributed by atoms with Crippen molar-refractivity contribution in [3.63, 3.8) is 0 Å². The Labute approximate surface area is 843 Å². The fourth-order valence-corrected chi connectivity index (χ4v) is 14.7. The lowest BCUT2D eigenvalue weighted by Crippen LogP contribution is -2.49. The van der Waals surface area contributed by atoms with Gasteiger partial charge in [0.15, 0.2) is 0 Å². The number of likely N-dealkylation sites (N-methyl/N-ethyl adjacent to an activating group) is 6. The van der Waals surface area contributed by atoms with Crippen molar-refractivity contribution in [3.8, 4) is 0 Å². The van der Waals surface area contributed by atoms with Crippen LogP contribution in [0.2, 0.25) is 0 Å². The zero-order chi connectivity index (χ0) is 111. The second kappa shape index (κ2) is 89.5. The number of hydrogen-bond donors (Lipinski definition) is 10. The number of nitrogens with zero attached hydrogens (tertiary/aromatic N) is 8. The number of aliphatic carboxylic acids is 4. The van der Waals surface area contributed by atoms with Crippen molar-refractivity contribution in [2.24, 2.45) is 11.1 Å². The van der Waals surface area contributed by atoms with E-state index in [1.165, 1.54) is 103 Å². The molecular formula is C87H195N9O38S6. The molecule has 0 unspecified atom stereocenters. The van der Waals surface area contributed by atoms with E-state index in [1.54, 1.807) is 42.3 Å². The highest BCUT2D eigenvalue weighted by molar-refractivity contribution is 7.86. The first-order valence-electron chi connectivity index (χ1n) is 48.2. The Kier molecular flexibility index (Phi) is 100. The van der Waals surface area contributed by atoms with Gasteiger partial charge in [0.2, 0.25) is 0 Å². The van der Waals surface area contributed by atoms with Gasteiger partial charge in [-0.25, -0.2) is 57.2 Å². The molecule has 140 heavy (non-hydrogen) atoms. The first-order chi connectivity index (χ1) is 63.9. The van der Waals surface area contributed by atoms with Crippen molar-refractivity contribution in [3.05, 3.63) is 0 Å². The molecule has 0 aliphatic heterocycles. The Morgan fingerprint density at radius 3 is 0.779 bits per heavy atom. The van der Waals surface area contributed by atoms with E-state index >= 15 is 0 Å². The van der Waals surface area contributed by atoms with Crippen molar-refractivity contribution < 1.29 is 213 Å². The van der Waals surface area contributed by atoms with E-state index in [0.717, 1.165) is 71.4 Å². The van der Waals surface area contributed by atoms with Crippen LogP contribution in [0.25, 0.3) is 0 Å². The minimum Gasteiger partial charge on any atom is -0.748 e. The molecular weight excluding hydrogens is 1970 g/mol. The minimum absolute atomic E-state index is 0.000278. The second-order valence-corrected chi connectivity index (χ2v) is 47.5. The van der Waals surface area contributed by atoms with E-state index < -0.39 is 116 Å². The Morgan fingerprint density at radius 2 is 0.536 bits per heavy atom. The maximum absolute atomic E-state index is 10.5. The summed E-state index contributed by atoms with van der Waals surface area (Å²) in [6, 6.07) is 0. The number of hydrogen-bond acceptors (Lipinski definition) is 37. The molecule has 11 N–H and O–H groups in total. The monoisotopic (exact) mass is 2170 g/mol. The van der Waals surface area contributed by atoms with Crippen LogP contribution >= 0.6 is 0 Å². The van der Waals surface area contributed by atoms with E-state index in [1.807, 2.05) is 70.5 Å². The quantitative estimate of drug-likeness (QED) is 0.0144. The van der Waals surface area contributed by atoms with Gasteiger partial charge in [0.1, 0.15) is 85.3 Å². The molecule has 0 aromatic rings. The number of carbonyl (C=O) groups excluding carboxylic acids is 4. The maximum Gasteiger partial charge on any atom is 0.397 e. The van der Waals surface area contributed by atoms with Crippen LogP contribution in [0.5, 0.6) is 0 Å². The van der Waals surface area contributed by atoms with Crippen LogP contribution in [0, 0.1) is 5.41 Å². The Hall–Kier alpha value is -3.50. The van der Waals surface area contributed by atoms with Gasteiger partial charge in [-0.15, -0.1) is 0 Å². The zero-order valence-corrected chi connectivity index (χ0v) is 93.7. The molecule has 0 rings (SSSR count). The van der Waals surface area contributed by atoms with Gasteiger partial charge in [-0.1, -0.05) is 143 Å². The first kappa shape index (κ1) is 157. The molecule has 53 heteroatoms. The molecule has 0 saturated carbocycles. The van der Waals surface area contributed by atoms with Crippen molar-refractivity contribution in [2.75, 3.05) is 306 Å². The molecule has 0 bridgehead atoms. The van der Waals surface area contributed by atoms with Crippen molar-refractivity contribution in [1.82, 2.24) is 0 Å². The summed E-state index contributed by atoms with van der Waals surface area (Å²) in [5.41, 5.74) is 3.77. The SMILES string of the molecule is CCCCCCCCCO[N+](C)(C)CC(=O)[O-].CCCCCCCCCO[N+](C)(C)CCCCS(=O)(=O)[O-].CCCCCCO[N+](C)(C)CC(=O)[O-].CCCCCCO[N+](C)(C)CCCCS(=O)(=O)[O-].C[N+](C)(CCO)CC(=O)[O-].C[N+](C)(CCO)CCC(=O)[O-].C[N+](C)(CCO)CCCCS(=O)(=O)[O-].C[N+](C)(CCO)CCCS(=O)(=O)[O-].NCCOS(=O)(=O)O.O=S(=O)(O)CCCC(CO)(CO)CO. The summed E-state index contributed by atoms with van der Waals surface area (Å²) in [5, 5.41) is 102. The number of nitrogens with two attached hydrogens (primary N) is 1. The standard InChI is InChI=1S/C15H33NO4S.C13H27NO3.C12H27NO4S.C10H21NO3.C8H19NO4S.C7H17NO4S.C7H15NO3.C7H16O6S.C6H13NO3.C2H7NO4S/c1-4-5-6-7-8-9-11-14-20-16(2,3)13-10-12-15-21(17,18)19;1-4-5-6-7-8-9-10-11-17-14(2,3)12-13(15)16;1-4-5-6-8-11-17-13(2,3)10-7-9-12-18(14,15)16;1-4-5-6-7-8-14-11(2,3)9-10(12)13;1-9(2,6-7-10)5-3-4-8-14(11,12)13;1-8(2,5-6-9)4-3-7-13(10,11)12;1-8(2,5-6-9)4-3-7(10)11;8-4-7(5-9,6-10)2-1-3-14(11,12)13;1-7(2,3-4-8)5-6(9)10;3-1-2-7-8(4,5)6/h4-15H2,1-3H3;4-12H2,1-3H3;4-12H2,1-3H3;4-9H2,1-3H3;10H,3-8H2,1-2H3;9H,3-7H2,1-2H3;9H,3-6H2,1-2H3;8-10H,1-6H2,(H,11,12,13);8H,3-5H2,1-2H3;1-3H2,(H,4,5,6). The van der Waals surface area contributed by atoms with Gasteiger partial charge < -0.3 is 117 Å². The summed E-state index contributed by atoms with van der Waals surface area (Å²) in [4.78, 5) is 63.3. The summed E-state index contributed by atoms with van der Waals surface area (Å²) in [6.07, 6.45) is 30.6. The summed E-state index contributed by atoms with van der Waals surface area (Å²) in [7, 11) is 5.06. The number of unbranched alkanes of at least 4 members (excludes halogenated alkanes) is 21. The lowest BCUT2D eigenvalue weighted by molar-refractivity contribution is -1.08. The molecule has 852 valence electrons. The third-order valence-electron chi connectivity index (χ3n) is 20.3. The summed E-state index contributed by atoms with van der Waals surface area (Å²) in [5.74, 6) is -5.86. The topological polar surface area (TPSA) is 712 Å². The highest BCUT2D eigenvalue weighted by Crippen LogP contribution is 2.23.